The van der Waals surface area contributed by atoms with E-state index in [9.17, 15) is 0 Å². The van der Waals surface area contributed by atoms with Gasteiger partial charge in [0, 0.05) is 12.2 Å². The maximum atomic E-state index is 6.07. The summed E-state index contributed by atoms with van der Waals surface area (Å²) in [7, 11) is -0.249. The largest absolute Gasteiger partial charge is 0.494 e. The molecule has 1 saturated heterocycles. The number of hydrogen-bond acceptors (Lipinski definition) is 3. The lowest BCUT2D eigenvalue weighted by Crippen LogP contribution is -2.41. The predicted molar refractivity (Wildman–Crippen MR) is 85.7 cm³/mol. The van der Waals surface area contributed by atoms with Gasteiger partial charge in [-0.1, -0.05) is 26.0 Å². The smallest absolute Gasteiger partial charge is 0.399 e. The summed E-state index contributed by atoms with van der Waals surface area (Å²) in [6.07, 6.45) is 1.09. The third kappa shape index (κ3) is 2.59. The fourth-order valence-electron chi connectivity index (χ4n) is 2.45. The van der Waals surface area contributed by atoms with Gasteiger partial charge in [0.15, 0.2) is 0 Å². The van der Waals surface area contributed by atoms with Gasteiger partial charge in [0.05, 0.1) is 11.2 Å². The Bertz CT molecular complexity index is 469. The first-order valence-corrected chi connectivity index (χ1v) is 7.61. The standard InChI is InChI=1S/C14H20BNO2.C2H6/c1-13(2)14(3,4)18-15(17-13)11-5-6-12-10(9-11)7-8-16-12;1-2/h5-6,9,16H,7-8H2,1-4H3;1-2H3. The van der Waals surface area contributed by atoms with Crippen LogP contribution in [-0.4, -0.2) is 24.9 Å². The summed E-state index contributed by atoms with van der Waals surface area (Å²) >= 11 is 0. The molecule has 2 heterocycles. The molecule has 4 heteroatoms. The van der Waals surface area contributed by atoms with E-state index < -0.39 is 0 Å². The normalized spacial score (nSPS) is 21.8. The first kappa shape index (κ1) is 15.4. The molecule has 3 nitrogen and oxygen atoms in total. The Morgan fingerprint density at radius 2 is 1.65 bits per heavy atom. The van der Waals surface area contributed by atoms with Gasteiger partial charge in [0.1, 0.15) is 0 Å². The molecule has 0 radical (unpaired) electrons. The van der Waals surface area contributed by atoms with Gasteiger partial charge in [-0.2, -0.15) is 0 Å². The van der Waals surface area contributed by atoms with Crippen molar-refractivity contribution in [3.05, 3.63) is 23.8 Å². The molecule has 1 N–H and O–H groups in total. The molecule has 1 fully saturated rings. The van der Waals surface area contributed by atoms with Crippen molar-refractivity contribution in [3.8, 4) is 0 Å². The number of benzene rings is 1. The van der Waals surface area contributed by atoms with E-state index >= 15 is 0 Å². The summed E-state index contributed by atoms with van der Waals surface area (Å²) in [6, 6.07) is 6.43. The van der Waals surface area contributed by atoms with Crippen molar-refractivity contribution >= 4 is 18.3 Å². The summed E-state index contributed by atoms with van der Waals surface area (Å²) in [6.45, 7) is 13.4. The lowest BCUT2D eigenvalue weighted by Gasteiger charge is -2.32. The van der Waals surface area contributed by atoms with Crippen LogP contribution in [0.15, 0.2) is 18.2 Å². The van der Waals surface area contributed by atoms with E-state index in [2.05, 4.69) is 51.2 Å². The summed E-state index contributed by atoms with van der Waals surface area (Å²) in [5.41, 5.74) is 3.19. The highest BCUT2D eigenvalue weighted by molar-refractivity contribution is 6.62. The molecule has 0 aromatic heterocycles. The van der Waals surface area contributed by atoms with Crippen molar-refractivity contribution in [1.29, 1.82) is 0 Å². The van der Waals surface area contributed by atoms with Gasteiger partial charge in [-0.3, -0.25) is 0 Å². The third-order valence-electron chi connectivity index (χ3n) is 4.36. The van der Waals surface area contributed by atoms with E-state index in [0.717, 1.165) is 18.4 Å². The van der Waals surface area contributed by atoms with Crippen LogP contribution < -0.4 is 10.8 Å². The zero-order valence-electron chi connectivity index (χ0n) is 13.5. The number of rotatable bonds is 1. The fraction of sp³-hybridized carbons (Fsp3) is 0.625. The van der Waals surface area contributed by atoms with E-state index in [-0.39, 0.29) is 18.3 Å². The van der Waals surface area contributed by atoms with Crippen LogP contribution in [0.3, 0.4) is 0 Å². The second kappa shape index (κ2) is 5.42. The molecule has 2 aliphatic heterocycles. The van der Waals surface area contributed by atoms with E-state index in [1.54, 1.807) is 0 Å². The number of nitrogens with one attached hydrogen (secondary N) is 1. The van der Waals surface area contributed by atoms with Crippen molar-refractivity contribution < 1.29 is 9.31 Å². The van der Waals surface area contributed by atoms with Gasteiger partial charge >= 0.3 is 7.12 Å². The van der Waals surface area contributed by atoms with Crippen LogP contribution in [0.25, 0.3) is 0 Å². The van der Waals surface area contributed by atoms with E-state index in [0.29, 0.717) is 0 Å². The molecule has 0 amide bonds. The Labute approximate surface area is 123 Å². The van der Waals surface area contributed by atoms with E-state index in [4.69, 9.17) is 9.31 Å². The molecule has 2 aliphatic rings. The van der Waals surface area contributed by atoms with Crippen molar-refractivity contribution in [2.24, 2.45) is 0 Å². The van der Waals surface area contributed by atoms with Crippen LogP contribution in [-0.2, 0) is 15.7 Å². The van der Waals surface area contributed by atoms with Crippen LogP contribution in [0.1, 0.15) is 47.1 Å². The molecular weight excluding hydrogens is 249 g/mol. The van der Waals surface area contributed by atoms with Gasteiger partial charge in [-0.15, -0.1) is 0 Å². The van der Waals surface area contributed by atoms with Crippen LogP contribution in [0.4, 0.5) is 5.69 Å². The lowest BCUT2D eigenvalue weighted by molar-refractivity contribution is 0.00578. The van der Waals surface area contributed by atoms with Crippen molar-refractivity contribution in [2.45, 2.75) is 59.2 Å². The average molecular weight is 275 g/mol. The highest BCUT2D eigenvalue weighted by atomic mass is 16.7. The minimum absolute atomic E-state index is 0.249. The van der Waals surface area contributed by atoms with Crippen molar-refractivity contribution in [2.75, 3.05) is 11.9 Å². The highest BCUT2D eigenvalue weighted by Gasteiger charge is 2.51. The van der Waals surface area contributed by atoms with Crippen LogP contribution in [0.5, 0.6) is 0 Å². The Morgan fingerprint density at radius 3 is 2.25 bits per heavy atom. The maximum Gasteiger partial charge on any atom is 0.494 e. The Kier molecular flexibility index (Phi) is 4.17. The molecule has 0 saturated carbocycles. The fourth-order valence-corrected chi connectivity index (χ4v) is 2.45. The second-order valence-corrected chi connectivity index (χ2v) is 6.18. The van der Waals surface area contributed by atoms with Gasteiger partial charge < -0.3 is 14.6 Å². The lowest BCUT2D eigenvalue weighted by atomic mass is 9.78. The Hall–Kier alpha value is -0.995. The first-order chi connectivity index (χ1) is 9.39. The quantitative estimate of drug-likeness (QED) is 0.799. The average Bonchev–Trinajstić information content (AvgIpc) is 2.94. The molecule has 0 atom stereocenters. The van der Waals surface area contributed by atoms with Crippen molar-refractivity contribution in [1.82, 2.24) is 0 Å². The van der Waals surface area contributed by atoms with Crippen LogP contribution in [0.2, 0.25) is 0 Å². The Morgan fingerprint density at radius 1 is 1.05 bits per heavy atom. The molecular formula is C16H26BNO2. The monoisotopic (exact) mass is 275 g/mol. The molecule has 0 unspecified atom stereocenters. The summed E-state index contributed by atoms with van der Waals surface area (Å²) < 4.78 is 12.1. The number of fused-ring (bicyclic) bond motifs is 1. The molecule has 0 bridgehead atoms. The highest BCUT2D eigenvalue weighted by Crippen LogP contribution is 2.36. The Balaban J connectivity index is 0.000000704. The van der Waals surface area contributed by atoms with E-state index in [1.165, 1.54) is 11.3 Å². The van der Waals surface area contributed by atoms with Gasteiger partial charge in [0.25, 0.3) is 0 Å². The van der Waals surface area contributed by atoms with Crippen LogP contribution in [0, 0.1) is 0 Å². The number of hydrogen-bond donors (Lipinski definition) is 1. The maximum absolute atomic E-state index is 6.07. The van der Waals surface area contributed by atoms with Crippen LogP contribution >= 0.6 is 0 Å². The molecule has 0 aliphatic carbocycles. The molecule has 1 aromatic rings. The molecule has 110 valence electrons. The summed E-state index contributed by atoms with van der Waals surface area (Å²) in [5, 5.41) is 3.37. The van der Waals surface area contributed by atoms with E-state index in [1.807, 2.05) is 13.8 Å². The van der Waals surface area contributed by atoms with Gasteiger partial charge in [-0.25, -0.2) is 0 Å². The topological polar surface area (TPSA) is 30.5 Å². The predicted octanol–water partition coefficient (Wildman–Crippen LogP) is 2.98. The molecule has 20 heavy (non-hydrogen) atoms. The number of anilines is 1. The zero-order chi connectivity index (χ0) is 15.0. The molecule has 1 aromatic carbocycles. The van der Waals surface area contributed by atoms with Crippen molar-refractivity contribution in [3.63, 3.8) is 0 Å². The molecule has 3 rings (SSSR count). The molecule has 0 spiro atoms. The second-order valence-electron chi connectivity index (χ2n) is 6.18. The minimum Gasteiger partial charge on any atom is -0.399 e. The third-order valence-corrected chi connectivity index (χ3v) is 4.36. The SMILES string of the molecule is CC.CC1(C)OB(c2ccc3c(c2)CCN3)OC1(C)C. The van der Waals surface area contributed by atoms with Gasteiger partial charge in [-0.05, 0) is 51.2 Å². The first-order valence-electron chi connectivity index (χ1n) is 7.61. The summed E-state index contributed by atoms with van der Waals surface area (Å²) in [5.74, 6) is 0. The summed E-state index contributed by atoms with van der Waals surface area (Å²) in [4.78, 5) is 0. The van der Waals surface area contributed by atoms with Gasteiger partial charge in [0.2, 0.25) is 0 Å². The zero-order valence-corrected chi connectivity index (χ0v) is 13.5. The minimum atomic E-state index is -0.269.